The summed E-state index contributed by atoms with van der Waals surface area (Å²) in [5, 5.41) is 17.4. The number of aliphatic hydroxyl groups is 1. The van der Waals surface area contributed by atoms with Gasteiger partial charge in [-0.3, -0.25) is 4.79 Å². The Balaban J connectivity index is 1.24. The molecule has 36 heavy (non-hydrogen) atoms. The van der Waals surface area contributed by atoms with E-state index in [1.165, 1.54) is 21.5 Å². The monoisotopic (exact) mass is 505 g/mol. The van der Waals surface area contributed by atoms with E-state index in [1.807, 2.05) is 50.5 Å². The lowest BCUT2D eigenvalue weighted by molar-refractivity contribution is -0.642. The van der Waals surface area contributed by atoms with Crippen molar-refractivity contribution in [2.45, 2.75) is 4.90 Å². The van der Waals surface area contributed by atoms with Crippen LogP contribution in [0.1, 0.15) is 5.01 Å². The Morgan fingerprint density at radius 2 is 1.53 bits per heavy atom. The van der Waals surface area contributed by atoms with Crippen LogP contribution in [-0.4, -0.2) is 17.9 Å². The zero-order valence-electron chi connectivity index (χ0n) is 19.6. The van der Waals surface area contributed by atoms with Gasteiger partial charge in [0.05, 0.1) is 21.9 Å². The molecule has 0 saturated carbocycles. The molecule has 174 valence electrons. The summed E-state index contributed by atoms with van der Waals surface area (Å²) in [6.45, 7) is 0. The first-order valence-electron chi connectivity index (χ1n) is 11.7. The lowest BCUT2D eigenvalue weighted by Gasteiger charge is -2.20. The van der Waals surface area contributed by atoms with Crippen molar-refractivity contribution in [3.05, 3.63) is 106 Å². The Bertz CT molecular complexity index is 1880. The van der Waals surface area contributed by atoms with Crippen LogP contribution in [0.3, 0.4) is 0 Å². The topological polar surface area (TPSA) is 44.4 Å². The summed E-state index contributed by atoms with van der Waals surface area (Å²) in [7, 11) is 4.00. The maximum Gasteiger partial charge on any atom is 0.263 e. The van der Waals surface area contributed by atoms with E-state index in [-0.39, 0.29) is 11.5 Å². The van der Waals surface area contributed by atoms with E-state index in [0.717, 1.165) is 30.8 Å². The van der Waals surface area contributed by atoms with Crippen molar-refractivity contribution in [3.63, 3.8) is 0 Å². The Morgan fingerprint density at radius 1 is 0.889 bits per heavy atom. The number of fused-ring (bicyclic) bond motifs is 4. The van der Waals surface area contributed by atoms with Crippen LogP contribution in [0.2, 0.25) is 0 Å². The number of aromatic nitrogens is 1. The molecule has 0 radical (unpaired) electrons. The Kier molecular flexibility index (Phi) is 4.65. The lowest BCUT2D eigenvalue weighted by Crippen LogP contribution is -2.30. The minimum atomic E-state index is -0.127. The molecule has 1 N–H and O–H groups in total. The maximum atomic E-state index is 13.1. The van der Waals surface area contributed by atoms with Gasteiger partial charge in [-0.2, -0.15) is 4.57 Å². The van der Waals surface area contributed by atoms with Gasteiger partial charge in [-0.15, -0.1) is 0 Å². The van der Waals surface area contributed by atoms with Crippen molar-refractivity contribution in [1.29, 1.82) is 0 Å². The van der Waals surface area contributed by atoms with Crippen molar-refractivity contribution in [2.24, 2.45) is 7.05 Å². The van der Waals surface area contributed by atoms with Gasteiger partial charge in [0.2, 0.25) is 11.3 Å². The molecule has 0 amide bonds. The summed E-state index contributed by atoms with van der Waals surface area (Å²) >= 11 is 3.24. The smallest absolute Gasteiger partial charge is 0.263 e. The van der Waals surface area contributed by atoms with Crippen LogP contribution in [0.5, 0.6) is 0 Å². The van der Waals surface area contributed by atoms with Gasteiger partial charge >= 0.3 is 0 Å². The normalized spacial score (nSPS) is 17.7. The predicted octanol–water partition coefficient (Wildman–Crippen LogP) is 6.89. The van der Waals surface area contributed by atoms with Crippen LogP contribution in [-0.2, 0) is 11.8 Å². The van der Waals surface area contributed by atoms with Gasteiger partial charge in [0.15, 0.2) is 0 Å². The summed E-state index contributed by atoms with van der Waals surface area (Å²) in [6.07, 6.45) is 3.62. The molecule has 0 bridgehead atoms. The van der Waals surface area contributed by atoms with Crippen LogP contribution < -0.4 is 9.47 Å². The summed E-state index contributed by atoms with van der Waals surface area (Å²) in [5.41, 5.74) is 2.94. The molecular weight excluding hydrogens is 484 g/mol. The second-order valence-corrected chi connectivity index (χ2v) is 11.3. The molecule has 0 saturated heterocycles. The number of hydrogen-bond donors (Lipinski definition) is 1. The molecule has 2 aliphatic rings. The number of ketones is 1. The number of thioether (sulfide) groups is 1. The zero-order valence-corrected chi connectivity index (χ0v) is 21.3. The van der Waals surface area contributed by atoms with E-state index in [0.29, 0.717) is 11.1 Å². The van der Waals surface area contributed by atoms with Gasteiger partial charge in [0.1, 0.15) is 17.5 Å². The molecule has 4 aromatic carbocycles. The van der Waals surface area contributed by atoms with Crippen molar-refractivity contribution >= 4 is 72.4 Å². The Hall–Kier alpha value is -3.87. The average Bonchev–Trinajstić information content (AvgIpc) is 3.37. The first-order chi connectivity index (χ1) is 17.5. The number of allylic oxidation sites excluding steroid dienone is 3. The average molecular weight is 506 g/mol. The van der Waals surface area contributed by atoms with E-state index in [9.17, 15) is 9.90 Å². The largest absolute Gasteiger partial charge is 0.506 e. The third-order valence-corrected chi connectivity index (χ3v) is 9.30. The highest BCUT2D eigenvalue weighted by molar-refractivity contribution is 8.03. The summed E-state index contributed by atoms with van der Waals surface area (Å²) in [5.74, 6) is -0.0667. The predicted molar refractivity (Wildman–Crippen MR) is 149 cm³/mol. The summed E-state index contributed by atoms with van der Waals surface area (Å²) in [4.78, 5) is 16.3. The fourth-order valence-corrected chi connectivity index (χ4v) is 7.16. The van der Waals surface area contributed by atoms with Crippen LogP contribution in [0.25, 0.3) is 37.8 Å². The lowest BCUT2D eigenvalue weighted by atomic mass is 9.88. The van der Waals surface area contributed by atoms with Crippen LogP contribution in [0.4, 0.5) is 5.69 Å². The van der Waals surface area contributed by atoms with E-state index in [1.54, 1.807) is 23.1 Å². The van der Waals surface area contributed by atoms with Gasteiger partial charge in [0.25, 0.3) is 5.01 Å². The number of thiazole rings is 1. The molecule has 7 rings (SSSR count). The number of aryl methyl sites for hydroxylation is 1. The number of aliphatic hydroxyl groups excluding tert-OH is 1. The molecular formula is C30H21N2O2S2+. The Morgan fingerprint density at radius 3 is 2.22 bits per heavy atom. The quantitative estimate of drug-likeness (QED) is 0.210. The molecule has 5 aromatic rings. The van der Waals surface area contributed by atoms with Gasteiger partial charge in [-0.1, -0.05) is 71.6 Å². The van der Waals surface area contributed by atoms with Gasteiger partial charge < -0.3 is 10.0 Å². The molecule has 2 heterocycles. The van der Waals surface area contributed by atoms with Crippen molar-refractivity contribution in [3.8, 4) is 0 Å². The number of anilines is 1. The van der Waals surface area contributed by atoms with Gasteiger partial charge in [0, 0.05) is 24.1 Å². The van der Waals surface area contributed by atoms with E-state index in [2.05, 4.69) is 58.0 Å². The number of benzene rings is 4. The number of carbonyl (C=O) groups is 1. The van der Waals surface area contributed by atoms with Crippen LogP contribution >= 0.6 is 23.1 Å². The third kappa shape index (κ3) is 3.15. The molecule has 6 heteroatoms. The highest BCUT2D eigenvalue weighted by atomic mass is 32.2. The number of rotatable bonds is 2. The van der Waals surface area contributed by atoms with Crippen molar-refractivity contribution in [1.82, 2.24) is 0 Å². The summed E-state index contributed by atoms with van der Waals surface area (Å²) < 4.78 is 3.23. The summed E-state index contributed by atoms with van der Waals surface area (Å²) in [6, 6.07) is 25.3. The number of carbonyl (C=O) groups excluding carboxylic acids is 1. The van der Waals surface area contributed by atoms with Crippen molar-refractivity contribution < 1.29 is 14.5 Å². The van der Waals surface area contributed by atoms with Crippen molar-refractivity contribution in [2.75, 3.05) is 11.9 Å². The fraction of sp³-hybridized carbons (Fsp3) is 0.0667. The number of Topliss-reactive ketones (excluding diaryl/α,β-unsaturated/α-hetero) is 1. The molecule has 1 aliphatic carbocycles. The van der Waals surface area contributed by atoms with Gasteiger partial charge in [-0.05, 0) is 45.8 Å². The number of nitrogens with zero attached hydrogens (tertiary/aromatic N) is 2. The highest BCUT2D eigenvalue weighted by Crippen LogP contribution is 2.48. The van der Waals surface area contributed by atoms with Crippen LogP contribution in [0.15, 0.2) is 106 Å². The van der Waals surface area contributed by atoms with Crippen LogP contribution in [0, 0.1) is 0 Å². The minimum absolute atomic E-state index is 0.0604. The van der Waals surface area contributed by atoms with Gasteiger partial charge in [-0.25, -0.2) is 0 Å². The second-order valence-electron chi connectivity index (χ2n) is 9.13. The first-order valence-corrected chi connectivity index (χ1v) is 13.3. The van der Waals surface area contributed by atoms with E-state index >= 15 is 0 Å². The third-order valence-electron chi connectivity index (χ3n) is 7.00. The van der Waals surface area contributed by atoms with E-state index in [4.69, 9.17) is 0 Å². The fourth-order valence-electron chi connectivity index (χ4n) is 4.91. The molecule has 0 fully saturated rings. The standard InChI is InChI=1S/C30H20N2O2S2/c1-31-23-11-17-7-3-5-9-19(17)13-25(23)35-27(31)15-21-29(33)22(30(21)34)16-28-32(2)24-12-18-8-4-6-10-20(18)14-26(24)36-28/h3-16H,1-2H3/p+1. The molecule has 4 nitrogen and oxygen atoms in total. The zero-order chi connectivity index (χ0) is 24.6. The Labute approximate surface area is 216 Å². The molecule has 0 atom stereocenters. The molecule has 1 aliphatic heterocycles. The highest BCUT2D eigenvalue weighted by Gasteiger charge is 2.35. The molecule has 1 aromatic heterocycles. The minimum Gasteiger partial charge on any atom is -0.506 e. The maximum absolute atomic E-state index is 13.1. The molecule has 0 spiro atoms. The first kappa shape index (κ1) is 21.4. The number of hydrogen-bond acceptors (Lipinski definition) is 5. The molecule has 0 unspecified atom stereocenters. The SMILES string of the molecule is CN1C(=CC2=C(O)C(=Cc3sc4cc5ccccc5cc4[n+]3C)C2=O)Sc2cc3ccccc3cc21. The second kappa shape index (κ2) is 7.82. The van der Waals surface area contributed by atoms with E-state index < -0.39 is 0 Å².